The lowest BCUT2D eigenvalue weighted by molar-refractivity contribution is -0.142. The van der Waals surface area contributed by atoms with Crippen LogP contribution in [0.5, 0.6) is 0 Å². The van der Waals surface area contributed by atoms with Gasteiger partial charge in [-0.3, -0.25) is 24.2 Å². The maximum atomic E-state index is 12.6. The van der Waals surface area contributed by atoms with Crippen LogP contribution < -0.4 is 44.2 Å². The van der Waals surface area contributed by atoms with Gasteiger partial charge in [0.15, 0.2) is 5.96 Å². The SMILES string of the molecule is C[C@@H](O)[C@H](N)C(=O)N[C@@H](CCCCN)C(=O)NCC(=O)N[C@H](CS)C(=O)N[C@@H](CCCN=C(N)N)C(=O)O. The lowest BCUT2D eigenvalue weighted by atomic mass is 10.1. The number of carboxylic acids is 1. The smallest absolute Gasteiger partial charge is 0.326 e. The topological polar surface area (TPSA) is 290 Å². The number of aliphatic carboxylic acids is 1. The number of nitrogens with two attached hydrogens (primary N) is 4. The molecule has 0 aliphatic heterocycles. The minimum Gasteiger partial charge on any atom is -0.480 e. The maximum absolute atomic E-state index is 12.6. The van der Waals surface area contributed by atoms with Gasteiger partial charge in [-0.1, -0.05) is 0 Å². The highest BCUT2D eigenvalue weighted by Crippen LogP contribution is 2.03. The molecule has 0 saturated heterocycles. The summed E-state index contributed by atoms with van der Waals surface area (Å²) in [6, 6.07) is -4.72. The average Bonchev–Trinajstić information content (AvgIpc) is 2.85. The highest BCUT2D eigenvalue weighted by molar-refractivity contribution is 7.80. The lowest BCUT2D eigenvalue weighted by Crippen LogP contribution is -2.56. The van der Waals surface area contributed by atoms with E-state index in [0.717, 1.165) is 0 Å². The van der Waals surface area contributed by atoms with E-state index in [1.807, 2.05) is 0 Å². The van der Waals surface area contributed by atoms with Crippen molar-refractivity contribution in [2.45, 2.75) is 69.3 Å². The van der Waals surface area contributed by atoms with Crippen molar-refractivity contribution in [3.8, 4) is 0 Å². The van der Waals surface area contributed by atoms with Crippen molar-refractivity contribution in [1.29, 1.82) is 0 Å². The fraction of sp³-hybridized carbons (Fsp3) is 0.714. The second-order valence-electron chi connectivity index (χ2n) is 8.48. The van der Waals surface area contributed by atoms with Crippen LogP contribution in [0.1, 0.15) is 39.0 Å². The molecule has 4 amide bonds. The molecule has 0 saturated carbocycles. The van der Waals surface area contributed by atoms with E-state index in [-0.39, 0.29) is 37.5 Å². The molecule has 0 aromatic heterocycles. The Morgan fingerprint density at radius 2 is 1.50 bits per heavy atom. The Kier molecular flexibility index (Phi) is 17.4. The molecule has 14 N–H and O–H groups in total. The van der Waals surface area contributed by atoms with E-state index in [0.29, 0.717) is 19.4 Å². The Morgan fingerprint density at radius 1 is 0.895 bits per heavy atom. The average molecular weight is 564 g/mol. The molecule has 0 aromatic rings. The van der Waals surface area contributed by atoms with Gasteiger partial charge in [-0.15, -0.1) is 0 Å². The quantitative estimate of drug-likeness (QED) is 0.0308. The molecule has 17 heteroatoms. The van der Waals surface area contributed by atoms with Crippen LogP contribution in [0.2, 0.25) is 0 Å². The Balaban J connectivity index is 4.99. The van der Waals surface area contributed by atoms with Gasteiger partial charge in [-0.05, 0) is 45.6 Å². The second-order valence-corrected chi connectivity index (χ2v) is 8.85. The van der Waals surface area contributed by atoms with Crippen molar-refractivity contribution in [1.82, 2.24) is 21.3 Å². The number of hydrogen-bond acceptors (Lipinski definition) is 10. The number of nitrogens with one attached hydrogen (secondary N) is 4. The maximum Gasteiger partial charge on any atom is 0.326 e. The summed E-state index contributed by atoms with van der Waals surface area (Å²) < 4.78 is 0. The minimum absolute atomic E-state index is 0.0388. The first-order chi connectivity index (χ1) is 17.8. The van der Waals surface area contributed by atoms with Gasteiger partial charge in [0.05, 0.1) is 12.6 Å². The molecule has 218 valence electrons. The van der Waals surface area contributed by atoms with Crippen molar-refractivity contribution in [3.05, 3.63) is 0 Å². The number of amides is 4. The van der Waals surface area contributed by atoms with Crippen LogP contribution in [0.3, 0.4) is 0 Å². The van der Waals surface area contributed by atoms with Gasteiger partial charge in [0, 0.05) is 12.3 Å². The molecule has 38 heavy (non-hydrogen) atoms. The highest BCUT2D eigenvalue weighted by atomic mass is 32.1. The van der Waals surface area contributed by atoms with E-state index in [1.165, 1.54) is 6.92 Å². The van der Waals surface area contributed by atoms with Crippen molar-refractivity contribution in [2.24, 2.45) is 27.9 Å². The lowest BCUT2D eigenvalue weighted by Gasteiger charge is -2.22. The number of carbonyl (C=O) groups is 5. The fourth-order valence-electron chi connectivity index (χ4n) is 3.01. The zero-order chi connectivity index (χ0) is 29.3. The fourth-order valence-corrected chi connectivity index (χ4v) is 3.27. The molecule has 0 aliphatic rings. The van der Waals surface area contributed by atoms with E-state index in [2.05, 4.69) is 38.9 Å². The summed E-state index contributed by atoms with van der Waals surface area (Å²) >= 11 is 4.03. The van der Waals surface area contributed by atoms with E-state index < -0.39 is 66.4 Å². The Labute approximate surface area is 226 Å². The monoisotopic (exact) mass is 563 g/mol. The van der Waals surface area contributed by atoms with Crippen LogP contribution in [0.4, 0.5) is 0 Å². The molecule has 0 fully saturated rings. The molecular formula is C21H41N9O7S. The van der Waals surface area contributed by atoms with Gasteiger partial charge in [-0.2, -0.15) is 12.6 Å². The molecule has 16 nitrogen and oxygen atoms in total. The standard InChI is InChI=1S/C21H41N9O7S/c1-11(31)16(23)19(35)29-12(5-2-3-7-22)17(33)27-9-15(32)28-14(10-38)18(34)30-13(20(36)37)6-4-8-26-21(24)25/h11-14,16,31,38H,2-10,22-23H2,1H3,(H,27,33)(H,28,32)(H,29,35)(H,30,34)(H,36,37)(H4,24,25,26)/t11-,12+,13+,14-,16+/m1/s1. The van der Waals surface area contributed by atoms with Crippen LogP contribution in [0, 0.1) is 0 Å². The number of hydrogen-bond donors (Lipinski definition) is 11. The van der Waals surface area contributed by atoms with Crippen molar-refractivity contribution in [2.75, 3.05) is 25.4 Å². The summed E-state index contributed by atoms with van der Waals surface area (Å²) in [5.41, 5.74) is 21.5. The first-order valence-electron chi connectivity index (χ1n) is 12.0. The first-order valence-corrected chi connectivity index (χ1v) is 12.7. The summed E-state index contributed by atoms with van der Waals surface area (Å²) in [4.78, 5) is 64.9. The van der Waals surface area contributed by atoms with Crippen molar-refractivity contribution in [3.63, 3.8) is 0 Å². The van der Waals surface area contributed by atoms with Crippen LogP contribution >= 0.6 is 12.6 Å². The zero-order valence-electron chi connectivity index (χ0n) is 21.4. The van der Waals surface area contributed by atoms with Crippen LogP contribution in [0.25, 0.3) is 0 Å². The van der Waals surface area contributed by atoms with Crippen LogP contribution in [0.15, 0.2) is 4.99 Å². The number of carbonyl (C=O) groups excluding carboxylic acids is 4. The molecule has 0 rings (SSSR count). The first kappa shape index (κ1) is 34.9. The van der Waals surface area contributed by atoms with Crippen LogP contribution in [-0.4, -0.2) is 101 Å². The minimum atomic E-state index is -1.28. The summed E-state index contributed by atoms with van der Waals surface area (Å²) in [6.07, 6.45) is 0.485. The molecule has 0 heterocycles. The number of unbranched alkanes of at least 4 members (excludes halogenated alkanes) is 1. The molecule has 0 bridgehead atoms. The third kappa shape index (κ3) is 14.6. The van der Waals surface area contributed by atoms with E-state index in [1.54, 1.807) is 0 Å². The number of carboxylic acid groups (broad SMARTS) is 1. The molecule has 0 unspecified atom stereocenters. The van der Waals surface area contributed by atoms with Crippen LogP contribution in [-0.2, 0) is 24.0 Å². The predicted octanol–water partition coefficient (Wildman–Crippen LogP) is -4.54. The summed E-state index contributed by atoms with van der Waals surface area (Å²) in [5.74, 6) is -4.53. The second kappa shape index (κ2) is 19.0. The van der Waals surface area contributed by atoms with Gasteiger partial charge >= 0.3 is 5.97 Å². The van der Waals surface area contributed by atoms with E-state index in [9.17, 15) is 34.2 Å². The number of aliphatic hydroxyl groups excluding tert-OH is 1. The number of aliphatic imine (C=N–C) groups is 1. The van der Waals surface area contributed by atoms with E-state index in [4.69, 9.17) is 22.9 Å². The third-order valence-corrected chi connectivity index (χ3v) is 5.58. The Morgan fingerprint density at radius 3 is 2.03 bits per heavy atom. The van der Waals surface area contributed by atoms with Crippen molar-refractivity contribution >= 4 is 48.2 Å². The number of thiol groups is 1. The summed E-state index contributed by atoms with van der Waals surface area (Å²) in [6.45, 7) is 1.34. The summed E-state index contributed by atoms with van der Waals surface area (Å²) in [5, 5.41) is 28.4. The number of nitrogens with zero attached hydrogens (tertiary/aromatic N) is 1. The number of aliphatic hydroxyl groups is 1. The third-order valence-electron chi connectivity index (χ3n) is 5.22. The number of guanidine groups is 1. The molecule has 0 aliphatic carbocycles. The largest absolute Gasteiger partial charge is 0.480 e. The van der Waals surface area contributed by atoms with Gasteiger partial charge in [-0.25, -0.2) is 4.79 Å². The summed E-state index contributed by atoms with van der Waals surface area (Å²) in [7, 11) is 0. The molecule has 0 radical (unpaired) electrons. The van der Waals surface area contributed by atoms with Gasteiger partial charge < -0.3 is 54.4 Å². The molecule has 0 spiro atoms. The normalized spacial score (nSPS) is 14.7. The van der Waals surface area contributed by atoms with Gasteiger partial charge in [0.25, 0.3) is 0 Å². The number of rotatable bonds is 19. The van der Waals surface area contributed by atoms with Gasteiger partial charge in [0.1, 0.15) is 24.2 Å². The Hall–Kier alpha value is -3.15. The molecule has 5 atom stereocenters. The van der Waals surface area contributed by atoms with Gasteiger partial charge in [0.2, 0.25) is 23.6 Å². The van der Waals surface area contributed by atoms with E-state index >= 15 is 0 Å². The molecule has 0 aromatic carbocycles. The Bertz CT molecular complexity index is 825. The highest BCUT2D eigenvalue weighted by Gasteiger charge is 2.28. The predicted molar refractivity (Wildman–Crippen MR) is 143 cm³/mol. The van der Waals surface area contributed by atoms with Crippen molar-refractivity contribution < 1.29 is 34.2 Å². The molecular weight excluding hydrogens is 522 g/mol. The zero-order valence-corrected chi connectivity index (χ0v) is 22.3.